The molecular weight excluding hydrogens is 236 g/mol. The summed E-state index contributed by atoms with van der Waals surface area (Å²) in [4.78, 5) is 5.10. The second kappa shape index (κ2) is 7.23. The third kappa shape index (κ3) is 4.76. The van der Waals surface area contributed by atoms with Crippen molar-refractivity contribution in [1.82, 2.24) is 15.1 Å². The van der Waals surface area contributed by atoms with E-state index in [2.05, 4.69) is 35.0 Å². The Morgan fingerprint density at radius 1 is 1.26 bits per heavy atom. The van der Waals surface area contributed by atoms with Gasteiger partial charge < -0.3 is 4.90 Å². The van der Waals surface area contributed by atoms with Crippen LogP contribution in [0.4, 0.5) is 0 Å². The molecule has 2 aliphatic rings. The van der Waals surface area contributed by atoms with Crippen molar-refractivity contribution in [2.24, 2.45) is 0 Å². The van der Waals surface area contributed by atoms with Crippen molar-refractivity contribution in [3.8, 4) is 6.07 Å². The topological polar surface area (TPSA) is 42.3 Å². The van der Waals surface area contributed by atoms with Crippen molar-refractivity contribution in [1.29, 1.82) is 5.26 Å². The molecule has 0 aromatic rings. The molecule has 1 N–H and O–H groups in total. The highest BCUT2D eigenvalue weighted by Gasteiger charge is 2.25. The van der Waals surface area contributed by atoms with Crippen LogP contribution in [-0.2, 0) is 0 Å². The third-order valence-electron chi connectivity index (χ3n) is 4.53. The van der Waals surface area contributed by atoms with E-state index in [0.717, 1.165) is 26.1 Å². The summed E-state index contributed by atoms with van der Waals surface area (Å²) in [5.74, 6) is 0. The summed E-state index contributed by atoms with van der Waals surface area (Å²) in [7, 11) is 0. The minimum absolute atomic E-state index is 0.0556. The highest BCUT2D eigenvalue weighted by molar-refractivity contribution is 4.96. The Hall–Kier alpha value is -0.630. The standard InChI is InChI=1S/C15H28N4/c1-3-13(2)19-10-8-18(9-11-19)7-6-15(12-16)17-14-4-5-14/h13-15,17H,3-11H2,1-2H3. The maximum absolute atomic E-state index is 9.14. The fourth-order valence-corrected chi connectivity index (χ4v) is 2.72. The lowest BCUT2D eigenvalue weighted by Crippen LogP contribution is -2.50. The molecule has 1 aliphatic carbocycles. The molecular formula is C15H28N4. The molecule has 108 valence electrons. The molecule has 4 nitrogen and oxygen atoms in total. The Balaban J connectivity index is 1.63. The van der Waals surface area contributed by atoms with E-state index in [9.17, 15) is 0 Å². The molecule has 0 radical (unpaired) electrons. The minimum atomic E-state index is 0.0556. The van der Waals surface area contributed by atoms with E-state index in [0.29, 0.717) is 12.1 Å². The predicted molar refractivity (Wildman–Crippen MR) is 77.9 cm³/mol. The molecule has 2 fully saturated rings. The molecule has 2 unspecified atom stereocenters. The SMILES string of the molecule is CCC(C)N1CCN(CCC(C#N)NC2CC2)CC1. The highest BCUT2D eigenvalue weighted by atomic mass is 15.3. The fraction of sp³-hybridized carbons (Fsp3) is 0.933. The maximum Gasteiger partial charge on any atom is 0.0967 e. The Morgan fingerprint density at radius 3 is 2.47 bits per heavy atom. The molecule has 0 spiro atoms. The van der Waals surface area contributed by atoms with Crippen LogP contribution < -0.4 is 5.32 Å². The van der Waals surface area contributed by atoms with Crippen molar-refractivity contribution in [2.75, 3.05) is 32.7 Å². The third-order valence-corrected chi connectivity index (χ3v) is 4.53. The van der Waals surface area contributed by atoms with Crippen molar-refractivity contribution in [3.63, 3.8) is 0 Å². The van der Waals surface area contributed by atoms with Gasteiger partial charge >= 0.3 is 0 Å². The lowest BCUT2D eigenvalue weighted by molar-refractivity contribution is 0.0988. The molecule has 19 heavy (non-hydrogen) atoms. The molecule has 2 rings (SSSR count). The van der Waals surface area contributed by atoms with Crippen LogP contribution in [0.3, 0.4) is 0 Å². The van der Waals surface area contributed by atoms with E-state index in [1.165, 1.54) is 32.4 Å². The van der Waals surface area contributed by atoms with Gasteiger partial charge in [-0.3, -0.25) is 10.2 Å². The van der Waals surface area contributed by atoms with Crippen molar-refractivity contribution in [2.45, 2.75) is 57.7 Å². The van der Waals surface area contributed by atoms with Gasteiger partial charge in [-0.05, 0) is 32.6 Å². The van der Waals surface area contributed by atoms with Crippen LogP contribution >= 0.6 is 0 Å². The number of rotatable bonds is 7. The van der Waals surface area contributed by atoms with Crippen LogP contribution in [-0.4, -0.2) is 60.6 Å². The summed E-state index contributed by atoms with van der Waals surface area (Å²) in [6, 6.07) is 3.80. The Kier molecular flexibility index (Phi) is 5.62. The van der Waals surface area contributed by atoms with Crippen LogP contribution in [0.2, 0.25) is 0 Å². The molecule has 2 atom stereocenters. The van der Waals surface area contributed by atoms with E-state index < -0.39 is 0 Å². The molecule has 0 bridgehead atoms. The van der Waals surface area contributed by atoms with Gasteiger partial charge in [-0.25, -0.2) is 0 Å². The van der Waals surface area contributed by atoms with Crippen LogP contribution in [0.25, 0.3) is 0 Å². The van der Waals surface area contributed by atoms with Gasteiger partial charge in [0, 0.05) is 44.8 Å². The maximum atomic E-state index is 9.14. The van der Waals surface area contributed by atoms with E-state index in [1.54, 1.807) is 0 Å². The molecule has 4 heteroatoms. The zero-order valence-electron chi connectivity index (χ0n) is 12.4. The first-order valence-electron chi connectivity index (χ1n) is 7.85. The van der Waals surface area contributed by atoms with Gasteiger partial charge in [0.1, 0.15) is 0 Å². The number of hydrogen-bond acceptors (Lipinski definition) is 4. The summed E-state index contributed by atoms with van der Waals surface area (Å²) in [5, 5.41) is 12.6. The number of piperazine rings is 1. The van der Waals surface area contributed by atoms with Gasteiger partial charge in [0.15, 0.2) is 0 Å². The second-order valence-corrected chi connectivity index (χ2v) is 6.05. The lowest BCUT2D eigenvalue weighted by Gasteiger charge is -2.38. The van der Waals surface area contributed by atoms with Gasteiger partial charge in [-0.15, -0.1) is 0 Å². The fourth-order valence-electron chi connectivity index (χ4n) is 2.72. The highest BCUT2D eigenvalue weighted by Crippen LogP contribution is 2.20. The lowest BCUT2D eigenvalue weighted by atomic mass is 10.1. The quantitative estimate of drug-likeness (QED) is 0.755. The first-order chi connectivity index (χ1) is 9.22. The Morgan fingerprint density at radius 2 is 1.95 bits per heavy atom. The smallest absolute Gasteiger partial charge is 0.0967 e. The normalized spacial score (nSPS) is 24.9. The first kappa shape index (κ1) is 14.8. The molecule has 1 saturated carbocycles. The van der Waals surface area contributed by atoms with Crippen LogP contribution in [0.1, 0.15) is 39.5 Å². The number of nitrogens with zero attached hydrogens (tertiary/aromatic N) is 3. The van der Waals surface area contributed by atoms with Crippen molar-refractivity contribution < 1.29 is 0 Å². The number of nitrogens with one attached hydrogen (secondary N) is 1. The average molecular weight is 264 g/mol. The van der Waals surface area contributed by atoms with Crippen LogP contribution in [0, 0.1) is 11.3 Å². The minimum Gasteiger partial charge on any atom is -0.301 e. The number of nitriles is 1. The first-order valence-corrected chi connectivity index (χ1v) is 7.85. The van der Waals surface area contributed by atoms with Gasteiger partial charge in [-0.2, -0.15) is 5.26 Å². The van der Waals surface area contributed by atoms with Crippen LogP contribution in [0.5, 0.6) is 0 Å². The largest absolute Gasteiger partial charge is 0.301 e. The number of hydrogen-bond donors (Lipinski definition) is 1. The Labute approximate surface area is 117 Å². The second-order valence-electron chi connectivity index (χ2n) is 6.05. The molecule has 1 saturated heterocycles. The van der Waals surface area contributed by atoms with Gasteiger partial charge in [-0.1, -0.05) is 6.92 Å². The van der Waals surface area contributed by atoms with Gasteiger partial charge in [0.05, 0.1) is 12.1 Å². The molecule has 1 heterocycles. The van der Waals surface area contributed by atoms with E-state index in [-0.39, 0.29) is 6.04 Å². The van der Waals surface area contributed by atoms with Crippen molar-refractivity contribution in [3.05, 3.63) is 0 Å². The molecule has 1 aliphatic heterocycles. The average Bonchev–Trinajstić information content (AvgIpc) is 3.27. The summed E-state index contributed by atoms with van der Waals surface area (Å²) in [6.07, 6.45) is 4.72. The summed E-state index contributed by atoms with van der Waals surface area (Å²) >= 11 is 0. The molecule has 0 amide bonds. The van der Waals surface area contributed by atoms with E-state index in [4.69, 9.17) is 5.26 Å². The zero-order chi connectivity index (χ0) is 13.7. The molecule has 0 aromatic carbocycles. The zero-order valence-corrected chi connectivity index (χ0v) is 12.4. The predicted octanol–water partition coefficient (Wildman–Crippen LogP) is 1.44. The van der Waals surface area contributed by atoms with E-state index >= 15 is 0 Å². The summed E-state index contributed by atoms with van der Waals surface area (Å²) in [5.41, 5.74) is 0. The van der Waals surface area contributed by atoms with Crippen molar-refractivity contribution >= 4 is 0 Å². The monoisotopic (exact) mass is 264 g/mol. The summed E-state index contributed by atoms with van der Waals surface area (Å²) < 4.78 is 0. The van der Waals surface area contributed by atoms with Gasteiger partial charge in [0.2, 0.25) is 0 Å². The Bertz CT molecular complexity index is 300. The van der Waals surface area contributed by atoms with E-state index in [1.807, 2.05) is 0 Å². The van der Waals surface area contributed by atoms with Crippen LogP contribution in [0.15, 0.2) is 0 Å². The molecule has 0 aromatic heterocycles. The summed E-state index contributed by atoms with van der Waals surface area (Å²) in [6.45, 7) is 10.3. The van der Waals surface area contributed by atoms with Gasteiger partial charge in [0.25, 0.3) is 0 Å².